The lowest BCUT2D eigenvalue weighted by Crippen LogP contribution is -2.20. The summed E-state index contributed by atoms with van der Waals surface area (Å²) in [7, 11) is -2.72. The number of thioether (sulfide) groups is 1. The van der Waals surface area contributed by atoms with Crippen LogP contribution in [0.1, 0.15) is 25.7 Å². The van der Waals surface area contributed by atoms with Gasteiger partial charge in [-0.15, -0.1) is 0 Å². The molecule has 0 saturated carbocycles. The van der Waals surface area contributed by atoms with Gasteiger partial charge in [-0.25, -0.2) is 8.42 Å². The highest BCUT2D eigenvalue weighted by atomic mass is 32.2. The van der Waals surface area contributed by atoms with Gasteiger partial charge < -0.3 is 32.4 Å². The van der Waals surface area contributed by atoms with Crippen LogP contribution in [0.4, 0.5) is 0 Å². The quantitative estimate of drug-likeness (QED) is 0.394. The van der Waals surface area contributed by atoms with Crippen LogP contribution in [-0.4, -0.2) is 82.0 Å². The largest absolute Gasteiger partial charge is 0.380 e. The van der Waals surface area contributed by atoms with E-state index >= 15 is 0 Å². The van der Waals surface area contributed by atoms with E-state index in [2.05, 4.69) is 0 Å². The van der Waals surface area contributed by atoms with E-state index in [0.29, 0.717) is 24.5 Å². The average molecular weight is 413 g/mol. The third-order valence-electron chi connectivity index (χ3n) is 4.16. The lowest BCUT2D eigenvalue weighted by molar-refractivity contribution is 0.194. The van der Waals surface area contributed by atoms with E-state index in [1.165, 1.54) is 17.9 Å². The van der Waals surface area contributed by atoms with Gasteiger partial charge in [0.05, 0.1) is 24.7 Å². The van der Waals surface area contributed by atoms with Gasteiger partial charge in [0.15, 0.2) is 9.84 Å². The van der Waals surface area contributed by atoms with Crippen LogP contribution < -0.4 is 22.9 Å². The molecule has 10 heteroatoms. The fourth-order valence-corrected chi connectivity index (χ4v) is 5.24. The van der Waals surface area contributed by atoms with Crippen LogP contribution in [-0.2, 0) is 19.3 Å². The van der Waals surface area contributed by atoms with Gasteiger partial charge in [0, 0.05) is 43.1 Å². The molecule has 4 heterocycles. The second kappa shape index (κ2) is 13.3. The van der Waals surface area contributed by atoms with Crippen molar-refractivity contribution >= 4 is 21.6 Å². The van der Waals surface area contributed by atoms with Gasteiger partial charge in [-0.3, -0.25) is 0 Å². The smallest absolute Gasteiger partial charge is 0.151 e. The third-order valence-corrected chi connectivity index (χ3v) is 7.14. The number of nitrogens with two attached hydrogens (primary N) is 4. The highest BCUT2D eigenvalue weighted by Crippen LogP contribution is 2.14. The summed E-state index contributed by atoms with van der Waals surface area (Å²) < 4.78 is 31.0. The Balaban J connectivity index is 0.000000175. The molecule has 0 bridgehead atoms. The Labute approximate surface area is 162 Å². The van der Waals surface area contributed by atoms with Crippen molar-refractivity contribution in [1.82, 2.24) is 0 Å². The molecule has 4 aliphatic rings. The van der Waals surface area contributed by atoms with Crippen molar-refractivity contribution in [1.29, 1.82) is 0 Å². The normalized spacial score (nSPS) is 34.8. The standard InChI is InChI=1S/C4H9NO2S.2C4H9NO.C4H9NS/c5-4-1-2-8(6,7)3-4;3*5-4-1-2-6-3-4/h4H,1-3,5H2;3*4H,1-3,5H2/t;2*4-;/m.10./s1. The van der Waals surface area contributed by atoms with Crippen LogP contribution >= 0.6 is 11.8 Å². The Bertz CT molecular complexity index is 416. The van der Waals surface area contributed by atoms with Crippen LogP contribution in [0.2, 0.25) is 0 Å². The minimum absolute atomic E-state index is 0.0972. The van der Waals surface area contributed by atoms with E-state index < -0.39 is 9.84 Å². The number of ether oxygens (including phenoxy) is 2. The maximum atomic E-state index is 10.6. The minimum Gasteiger partial charge on any atom is -0.380 e. The van der Waals surface area contributed by atoms with E-state index in [9.17, 15) is 8.42 Å². The Morgan fingerprint density at radius 3 is 1.46 bits per heavy atom. The molecule has 8 nitrogen and oxygen atoms in total. The second-order valence-electron chi connectivity index (χ2n) is 7.03. The van der Waals surface area contributed by atoms with Gasteiger partial charge in [0.1, 0.15) is 0 Å². The maximum Gasteiger partial charge on any atom is 0.151 e. The van der Waals surface area contributed by atoms with Crippen LogP contribution in [0.25, 0.3) is 0 Å². The zero-order valence-corrected chi connectivity index (χ0v) is 17.2. The number of sulfone groups is 1. The summed E-state index contributed by atoms with van der Waals surface area (Å²) >= 11 is 1.96. The van der Waals surface area contributed by atoms with Gasteiger partial charge in [0.25, 0.3) is 0 Å². The first kappa shape index (κ1) is 24.1. The second-order valence-corrected chi connectivity index (χ2v) is 10.4. The molecule has 156 valence electrons. The van der Waals surface area contributed by atoms with E-state index in [-0.39, 0.29) is 17.5 Å². The fraction of sp³-hybridized carbons (Fsp3) is 1.00. The van der Waals surface area contributed by atoms with E-state index in [1.54, 1.807) is 0 Å². The molecule has 8 N–H and O–H groups in total. The van der Waals surface area contributed by atoms with Crippen molar-refractivity contribution in [2.24, 2.45) is 22.9 Å². The summed E-state index contributed by atoms with van der Waals surface area (Å²) in [5.41, 5.74) is 21.7. The van der Waals surface area contributed by atoms with Crippen LogP contribution in [0.5, 0.6) is 0 Å². The average Bonchev–Trinajstić information content (AvgIpc) is 3.34. The summed E-state index contributed by atoms with van der Waals surface area (Å²) in [6.07, 6.45) is 3.95. The molecule has 26 heavy (non-hydrogen) atoms. The summed E-state index contributed by atoms with van der Waals surface area (Å²) in [4.78, 5) is 0. The lowest BCUT2D eigenvalue weighted by atomic mass is 10.3. The van der Waals surface area contributed by atoms with Crippen molar-refractivity contribution in [2.75, 3.05) is 49.4 Å². The predicted molar refractivity (Wildman–Crippen MR) is 108 cm³/mol. The maximum absolute atomic E-state index is 10.6. The zero-order chi connectivity index (χ0) is 19.4. The molecule has 0 aromatic rings. The molecule has 4 aliphatic heterocycles. The molecular weight excluding hydrogens is 376 g/mol. The Morgan fingerprint density at radius 2 is 1.35 bits per heavy atom. The summed E-state index contributed by atoms with van der Waals surface area (Å²) in [5, 5.41) is 0. The predicted octanol–water partition coefficient (Wildman–Crippen LogP) is -0.949. The molecule has 0 spiro atoms. The first-order chi connectivity index (χ1) is 12.3. The van der Waals surface area contributed by atoms with E-state index in [1.807, 2.05) is 11.8 Å². The number of rotatable bonds is 0. The van der Waals surface area contributed by atoms with Gasteiger partial charge in [-0.2, -0.15) is 11.8 Å². The first-order valence-corrected chi connectivity index (χ1v) is 12.2. The first-order valence-electron chi connectivity index (χ1n) is 9.24. The van der Waals surface area contributed by atoms with Crippen molar-refractivity contribution < 1.29 is 17.9 Å². The molecule has 4 atom stereocenters. The van der Waals surface area contributed by atoms with Crippen LogP contribution in [0.3, 0.4) is 0 Å². The minimum atomic E-state index is -2.72. The summed E-state index contributed by atoms with van der Waals surface area (Å²) in [6.45, 7) is 3.25. The molecule has 0 aliphatic carbocycles. The van der Waals surface area contributed by atoms with Crippen molar-refractivity contribution in [2.45, 2.75) is 49.9 Å². The third kappa shape index (κ3) is 12.4. The zero-order valence-electron chi connectivity index (χ0n) is 15.6. The lowest BCUT2D eigenvalue weighted by Gasteiger charge is -1.91. The molecule has 4 fully saturated rings. The van der Waals surface area contributed by atoms with Crippen LogP contribution in [0.15, 0.2) is 0 Å². The molecule has 0 amide bonds. The highest BCUT2D eigenvalue weighted by molar-refractivity contribution is 7.99. The highest BCUT2D eigenvalue weighted by Gasteiger charge is 2.24. The molecule has 4 saturated heterocycles. The Morgan fingerprint density at radius 1 is 0.769 bits per heavy atom. The molecule has 4 rings (SSSR count). The molecule has 0 aromatic carbocycles. The van der Waals surface area contributed by atoms with Gasteiger partial charge >= 0.3 is 0 Å². The topological polar surface area (TPSA) is 157 Å². The Hall–Kier alpha value is 0.0600. The number of hydrogen-bond donors (Lipinski definition) is 4. The molecule has 0 aromatic heterocycles. The summed E-state index contributed by atoms with van der Waals surface area (Å²) in [5.74, 6) is 2.93. The SMILES string of the molecule is NC1CCS(=O)(=O)C1.NC1CCSC1.N[C@@H]1CCOC1.N[C@H]1CCOC1. The van der Waals surface area contributed by atoms with Gasteiger partial charge in [-0.1, -0.05) is 0 Å². The van der Waals surface area contributed by atoms with E-state index in [0.717, 1.165) is 39.3 Å². The number of hydrogen-bond acceptors (Lipinski definition) is 9. The summed E-state index contributed by atoms with van der Waals surface area (Å²) in [6, 6.07) is 1.06. The van der Waals surface area contributed by atoms with Gasteiger partial charge in [-0.05, 0) is 31.4 Å². The fourth-order valence-electron chi connectivity index (χ4n) is 2.48. The monoisotopic (exact) mass is 412 g/mol. The van der Waals surface area contributed by atoms with Crippen molar-refractivity contribution in [3.8, 4) is 0 Å². The molecule has 0 radical (unpaired) electrons. The van der Waals surface area contributed by atoms with E-state index in [4.69, 9.17) is 32.4 Å². The Kier molecular flexibility index (Phi) is 12.3. The van der Waals surface area contributed by atoms with Crippen molar-refractivity contribution in [3.05, 3.63) is 0 Å². The molecular formula is C16H36N4O4S2. The van der Waals surface area contributed by atoms with Crippen molar-refractivity contribution in [3.63, 3.8) is 0 Å². The van der Waals surface area contributed by atoms with Crippen LogP contribution in [0, 0.1) is 0 Å². The van der Waals surface area contributed by atoms with Gasteiger partial charge in [0.2, 0.25) is 0 Å². The molecule has 2 unspecified atom stereocenters.